The van der Waals surface area contributed by atoms with Gasteiger partial charge >= 0.3 is 5.97 Å². The Hall–Kier alpha value is -2.72. The van der Waals surface area contributed by atoms with Crippen LogP contribution in [0.3, 0.4) is 0 Å². The first-order valence-electron chi connectivity index (χ1n) is 8.56. The summed E-state index contributed by atoms with van der Waals surface area (Å²) in [6.07, 6.45) is 2.06. The van der Waals surface area contributed by atoms with Gasteiger partial charge < -0.3 is 31.1 Å². The second-order valence-corrected chi connectivity index (χ2v) is 6.43. The Morgan fingerprint density at radius 2 is 2.19 bits per heavy atom. The minimum atomic E-state index is -1.42. The number of nitrogens with one attached hydrogen (secondary N) is 2. The summed E-state index contributed by atoms with van der Waals surface area (Å²) >= 11 is 0. The number of nitrogens with two attached hydrogens (primary N) is 1. The van der Waals surface area contributed by atoms with Gasteiger partial charge in [-0.1, -0.05) is 12.2 Å². The van der Waals surface area contributed by atoms with Crippen molar-refractivity contribution in [2.75, 3.05) is 26.2 Å². The van der Waals surface area contributed by atoms with Gasteiger partial charge in [-0.3, -0.25) is 19.2 Å². The molecule has 0 spiro atoms. The molecule has 148 valence electrons. The molecule has 27 heavy (non-hydrogen) atoms. The lowest BCUT2D eigenvalue weighted by molar-refractivity contribution is -0.155. The number of hydrogen-bond acceptors (Lipinski definition) is 7. The van der Waals surface area contributed by atoms with Gasteiger partial charge in [0.2, 0.25) is 24.0 Å². The molecule has 0 saturated carbocycles. The van der Waals surface area contributed by atoms with Gasteiger partial charge in [0, 0.05) is 19.6 Å². The van der Waals surface area contributed by atoms with E-state index >= 15 is 0 Å². The molecule has 2 heterocycles. The van der Waals surface area contributed by atoms with E-state index in [-0.39, 0.29) is 25.9 Å². The quantitative estimate of drug-likeness (QED) is 0.161. The number of aliphatic hydroxyl groups is 1. The standard InChI is InChI=1S/C17H24N4O6/c1-2-5-19-7-10-3-4-11(15(18)24)16(25)21(8-10)9-13(22)20-12-6-14(23)27-17(12)26/h2-3,11-12,17,19,26H,1,4-9H2,(H2,18,24)(H,20,22). The van der Waals surface area contributed by atoms with Gasteiger partial charge in [-0.05, 0) is 12.0 Å². The fraction of sp³-hybridized carbons (Fsp3) is 0.529. The molecule has 3 amide bonds. The summed E-state index contributed by atoms with van der Waals surface area (Å²) in [5, 5.41) is 15.1. The smallest absolute Gasteiger partial charge is 0.310 e. The molecule has 2 aliphatic rings. The van der Waals surface area contributed by atoms with Crippen molar-refractivity contribution >= 4 is 23.7 Å². The van der Waals surface area contributed by atoms with E-state index in [1.54, 1.807) is 12.2 Å². The van der Waals surface area contributed by atoms with Crippen LogP contribution in [0, 0.1) is 5.92 Å². The maximum Gasteiger partial charge on any atom is 0.310 e. The third-order valence-corrected chi connectivity index (χ3v) is 4.29. The van der Waals surface area contributed by atoms with Crippen molar-refractivity contribution in [2.45, 2.75) is 25.2 Å². The number of amides is 3. The number of ether oxygens (including phenoxy) is 1. The Kier molecular flexibility index (Phi) is 7.08. The number of aliphatic hydroxyl groups excluding tert-OH is 1. The molecule has 0 bridgehead atoms. The summed E-state index contributed by atoms with van der Waals surface area (Å²) in [5.41, 5.74) is 6.15. The number of nitrogens with zero attached hydrogens (tertiary/aromatic N) is 1. The second-order valence-electron chi connectivity index (χ2n) is 6.43. The molecule has 3 atom stereocenters. The molecule has 0 aromatic carbocycles. The molecule has 1 fully saturated rings. The molecule has 0 radical (unpaired) electrons. The number of allylic oxidation sites excluding steroid dienone is 1. The number of esters is 1. The van der Waals surface area contributed by atoms with Crippen molar-refractivity contribution in [1.29, 1.82) is 0 Å². The lowest BCUT2D eigenvalue weighted by atomic mass is 10.0. The first-order valence-corrected chi connectivity index (χ1v) is 8.56. The van der Waals surface area contributed by atoms with E-state index in [4.69, 9.17) is 5.73 Å². The highest BCUT2D eigenvalue weighted by Gasteiger charge is 2.36. The van der Waals surface area contributed by atoms with E-state index in [1.807, 2.05) is 0 Å². The molecule has 1 saturated heterocycles. The number of carbonyl (C=O) groups is 4. The lowest BCUT2D eigenvalue weighted by Gasteiger charge is -2.25. The highest BCUT2D eigenvalue weighted by Crippen LogP contribution is 2.17. The summed E-state index contributed by atoms with van der Waals surface area (Å²) in [6.45, 7) is 4.46. The van der Waals surface area contributed by atoms with E-state index in [9.17, 15) is 24.3 Å². The van der Waals surface area contributed by atoms with Crippen LogP contribution in [0.2, 0.25) is 0 Å². The van der Waals surface area contributed by atoms with E-state index in [0.29, 0.717) is 13.1 Å². The molecule has 5 N–H and O–H groups in total. The average molecular weight is 380 g/mol. The van der Waals surface area contributed by atoms with Gasteiger partial charge in [0.25, 0.3) is 0 Å². The summed E-state index contributed by atoms with van der Waals surface area (Å²) in [5.74, 6) is -3.53. The van der Waals surface area contributed by atoms with Crippen molar-refractivity contribution in [3.63, 3.8) is 0 Å². The molecule has 3 unspecified atom stereocenters. The third-order valence-electron chi connectivity index (χ3n) is 4.29. The second kappa shape index (κ2) is 9.28. The minimum Gasteiger partial charge on any atom is -0.434 e. The van der Waals surface area contributed by atoms with E-state index < -0.39 is 41.9 Å². The first kappa shape index (κ1) is 20.6. The van der Waals surface area contributed by atoms with Crippen molar-refractivity contribution in [3.05, 3.63) is 24.3 Å². The molecular weight excluding hydrogens is 356 g/mol. The van der Waals surface area contributed by atoms with Crippen LogP contribution in [0.15, 0.2) is 24.3 Å². The Morgan fingerprint density at radius 1 is 1.44 bits per heavy atom. The summed E-state index contributed by atoms with van der Waals surface area (Å²) in [6, 6.07) is -0.872. The van der Waals surface area contributed by atoms with Crippen molar-refractivity contribution in [3.8, 4) is 0 Å². The average Bonchev–Trinajstić information content (AvgIpc) is 2.81. The zero-order chi connectivity index (χ0) is 20.0. The Labute approximate surface area is 156 Å². The van der Waals surface area contributed by atoms with Crippen molar-refractivity contribution < 1.29 is 29.0 Å². The van der Waals surface area contributed by atoms with E-state index in [1.165, 1.54) is 4.90 Å². The van der Waals surface area contributed by atoms with Gasteiger partial charge in [0.15, 0.2) is 0 Å². The number of cyclic esters (lactones) is 1. The van der Waals surface area contributed by atoms with Gasteiger partial charge in [0.1, 0.15) is 12.0 Å². The number of primary amides is 1. The molecule has 2 aliphatic heterocycles. The fourth-order valence-electron chi connectivity index (χ4n) is 2.92. The predicted molar refractivity (Wildman–Crippen MR) is 93.7 cm³/mol. The third kappa shape index (κ3) is 5.63. The Bertz CT molecular complexity index is 662. The lowest BCUT2D eigenvalue weighted by Crippen LogP contribution is -2.49. The van der Waals surface area contributed by atoms with Crippen molar-refractivity contribution in [2.24, 2.45) is 11.7 Å². The van der Waals surface area contributed by atoms with Crippen LogP contribution in [0.1, 0.15) is 12.8 Å². The largest absolute Gasteiger partial charge is 0.434 e. The zero-order valence-corrected chi connectivity index (χ0v) is 14.8. The summed E-state index contributed by atoms with van der Waals surface area (Å²) in [4.78, 5) is 48.9. The van der Waals surface area contributed by atoms with Gasteiger partial charge in [-0.25, -0.2) is 0 Å². The molecule has 10 nitrogen and oxygen atoms in total. The Balaban J connectivity index is 2.04. The highest BCUT2D eigenvalue weighted by atomic mass is 16.6. The molecule has 10 heteroatoms. The molecular formula is C17H24N4O6. The Morgan fingerprint density at radius 3 is 2.78 bits per heavy atom. The number of rotatable bonds is 8. The van der Waals surface area contributed by atoms with E-state index in [2.05, 4.69) is 21.9 Å². The molecule has 0 aromatic rings. The minimum absolute atomic E-state index is 0.151. The molecule has 0 aliphatic carbocycles. The van der Waals surface area contributed by atoms with Crippen LogP contribution in [0.4, 0.5) is 0 Å². The number of hydrogen-bond donors (Lipinski definition) is 4. The first-order chi connectivity index (χ1) is 12.8. The summed E-state index contributed by atoms with van der Waals surface area (Å²) < 4.78 is 4.56. The van der Waals surface area contributed by atoms with Gasteiger partial charge in [-0.15, -0.1) is 6.58 Å². The van der Waals surface area contributed by atoms with Crippen molar-refractivity contribution in [1.82, 2.24) is 15.5 Å². The van der Waals surface area contributed by atoms with Crippen LogP contribution >= 0.6 is 0 Å². The monoisotopic (exact) mass is 380 g/mol. The van der Waals surface area contributed by atoms with Crippen LogP contribution in [0.25, 0.3) is 0 Å². The molecule has 0 aromatic heterocycles. The van der Waals surface area contributed by atoms with Crippen LogP contribution in [-0.4, -0.2) is 72.2 Å². The maximum atomic E-state index is 12.6. The zero-order valence-electron chi connectivity index (χ0n) is 14.8. The van der Waals surface area contributed by atoms with Crippen LogP contribution in [0.5, 0.6) is 0 Å². The molecule has 2 rings (SSSR count). The highest BCUT2D eigenvalue weighted by molar-refractivity contribution is 6.01. The van der Waals surface area contributed by atoms with Gasteiger partial charge in [-0.2, -0.15) is 0 Å². The fourth-order valence-corrected chi connectivity index (χ4v) is 2.92. The summed E-state index contributed by atoms with van der Waals surface area (Å²) in [7, 11) is 0. The van der Waals surface area contributed by atoms with Crippen LogP contribution < -0.4 is 16.4 Å². The predicted octanol–water partition coefficient (Wildman–Crippen LogP) is -2.23. The SMILES string of the molecule is C=CCNCC1=CCC(C(N)=O)C(=O)N(CC(=O)NC2CC(=O)OC2O)C1. The number of carbonyl (C=O) groups excluding carboxylic acids is 4. The normalized spacial score (nSPS) is 25.4. The van der Waals surface area contributed by atoms with Gasteiger partial charge in [0.05, 0.1) is 13.0 Å². The maximum absolute atomic E-state index is 12.6. The van der Waals surface area contributed by atoms with Crippen LogP contribution in [-0.2, 0) is 23.9 Å². The van der Waals surface area contributed by atoms with E-state index in [0.717, 1.165) is 5.57 Å². The topological polar surface area (TPSA) is 151 Å².